The quantitative estimate of drug-likeness (QED) is 0.790. The van der Waals surface area contributed by atoms with Crippen LogP contribution in [0.3, 0.4) is 0 Å². The molecular formula is C11H23N3O4S. The minimum absolute atomic E-state index is 0.142. The van der Waals surface area contributed by atoms with Crippen LogP contribution in [0.1, 0.15) is 33.6 Å². The lowest BCUT2D eigenvalue weighted by atomic mass is 10.1. The molecule has 0 bridgehead atoms. The Morgan fingerprint density at radius 1 is 1.26 bits per heavy atom. The van der Waals surface area contributed by atoms with Crippen LogP contribution >= 0.6 is 0 Å². The highest BCUT2D eigenvalue weighted by Gasteiger charge is 2.28. The number of hydrogen-bond donors (Lipinski definition) is 2. The van der Waals surface area contributed by atoms with Gasteiger partial charge in [-0.05, 0) is 33.6 Å². The molecule has 0 atom stereocenters. The molecule has 7 nitrogen and oxygen atoms in total. The van der Waals surface area contributed by atoms with Crippen molar-refractivity contribution in [2.75, 3.05) is 20.1 Å². The zero-order valence-electron chi connectivity index (χ0n) is 11.9. The summed E-state index contributed by atoms with van der Waals surface area (Å²) in [7, 11) is -2.06. The Labute approximate surface area is 114 Å². The van der Waals surface area contributed by atoms with Gasteiger partial charge in [0.05, 0.1) is 0 Å². The van der Waals surface area contributed by atoms with Crippen LogP contribution in [0.4, 0.5) is 4.79 Å². The Bertz CT molecular complexity index is 408. The second kappa shape index (κ2) is 6.06. The maximum atomic E-state index is 11.8. The first-order valence-electron chi connectivity index (χ1n) is 6.32. The molecule has 0 radical (unpaired) electrons. The van der Waals surface area contributed by atoms with Crippen LogP contribution in [0, 0.1) is 0 Å². The molecule has 1 aliphatic heterocycles. The molecule has 1 rings (SSSR count). The van der Waals surface area contributed by atoms with Crippen LogP contribution in [0.2, 0.25) is 0 Å². The van der Waals surface area contributed by atoms with Gasteiger partial charge in [0.15, 0.2) is 0 Å². The average Bonchev–Trinajstić information content (AvgIpc) is 2.27. The van der Waals surface area contributed by atoms with Crippen LogP contribution in [0.5, 0.6) is 0 Å². The van der Waals surface area contributed by atoms with E-state index in [9.17, 15) is 13.2 Å². The molecule has 0 aromatic heterocycles. The largest absolute Gasteiger partial charge is 0.444 e. The van der Waals surface area contributed by atoms with E-state index in [1.807, 2.05) is 20.8 Å². The van der Waals surface area contributed by atoms with E-state index in [0.717, 1.165) is 0 Å². The third-order valence-electron chi connectivity index (χ3n) is 2.74. The van der Waals surface area contributed by atoms with E-state index in [1.165, 1.54) is 7.05 Å². The molecule has 1 saturated heterocycles. The molecule has 0 unspecified atom stereocenters. The van der Waals surface area contributed by atoms with E-state index in [4.69, 9.17) is 4.74 Å². The summed E-state index contributed by atoms with van der Waals surface area (Å²) in [6.45, 7) is 6.44. The third-order valence-corrected chi connectivity index (χ3v) is 3.92. The van der Waals surface area contributed by atoms with Gasteiger partial charge in [0.2, 0.25) is 0 Å². The van der Waals surface area contributed by atoms with Gasteiger partial charge in [0.1, 0.15) is 5.60 Å². The number of carbonyl (C=O) groups excluding carboxylic acids is 1. The van der Waals surface area contributed by atoms with Gasteiger partial charge in [-0.15, -0.1) is 0 Å². The zero-order valence-corrected chi connectivity index (χ0v) is 12.7. The Hall–Kier alpha value is -0.860. The Kier molecular flexibility index (Phi) is 5.17. The monoisotopic (exact) mass is 293 g/mol. The van der Waals surface area contributed by atoms with Gasteiger partial charge in [-0.1, -0.05) is 0 Å². The van der Waals surface area contributed by atoms with Crippen molar-refractivity contribution in [3.8, 4) is 0 Å². The number of nitrogens with zero attached hydrogens (tertiary/aromatic N) is 1. The van der Waals surface area contributed by atoms with Gasteiger partial charge in [-0.25, -0.2) is 9.52 Å². The lowest BCUT2D eigenvalue weighted by Gasteiger charge is -2.33. The molecule has 19 heavy (non-hydrogen) atoms. The number of likely N-dealkylation sites (tertiary alicyclic amines) is 1. The lowest BCUT2D eigenvalue weighted by molar-refractivity contribution is 0.0203. The first-order valence-corrected chi connectivity index (χ1v) is 7.80. The van der Waals surface area contributed by atoms with E-state index in [2.05, 4.69) is 9.44 Å². The minimum atomic E-state index is -3.42. The van der Waals surface area contributed by atoms with Crippen molar-refractivity contribution in [3.05, 3.63) is 0 Å². The molecule has 1 amide bonds. The molecule has 0 aromatic carbocycles. The summed E-state index contributed by atoms with van der Waals surface area (Å²) in [5.74, 6) is 0. The Morgan fingerprint density at radius 2 is 1.79 bits per heavy atom. The standard InChI is InChI=1S/C11H23N3O4S/c1-11(2,3)18-10(15)14-7-5-9(6-8-14)13-19(16,17)12-4/h9,12-13H,5-8H2,1-4H3. The van der Waals surface area contributed by atoms with Crippen LogP contribution in [0.15, 0.2) is 0 Å². The number of carbonyl (C=O) groups is 1. The van der Waals surface area contributed by atoms with Gasteiger partial charge < -0.3 is 9.64 Å². The number of ether oxygens (including phenoxy) is 1. The highest BCUT2D eigenvalue weighted by molar-refractivity contribution is 7.87. The minimum Gasteiger partial charge on any atom is -0.444 e. The van der Waals surface area contributed by atoms with E-state index in [1.54, 1.807) is 4.90 Å². The van der Waals surface area contributed by atoms with E-state index < -0.39 is 15.8 Å². The van der Waals surface area contributed by atoms with Gasteiger partial charge >= 0.3 is 6.09 Å². The van der Waals surface area contributed by atoms with Gasteiger partial charge in [0.25, 0.3) is 10.2 Å². The number of piperidine rings is 1. The molecule has 0 spiro atoms. The summed E-state index contributed by atoms with van der Waals surface area (Å²) in [5, 5.41) is 0. The van der Waals surface area contributed by atoms with Crippen molar-refractivity contribution in [1.82, 2.24) is 14.3 Å². The van der Waals surface area contributed by atoms with Crippen molar-refractivity contribution in [2.24, 2.45) is 0 Å². The molecule has 2 N–H and O–H groups in total. The molecule has 1 heterocycles. The van der Waals surface area contributed by atoms with E-state index in [-0.39, 0.29) is 12.1 Å². The van der Waals surface area contributed by atoms with Crippen molar-refractivity contribution >= 4 is 16.3 Å². The van der Waals surface area contributed by atoms with Crippen molar-refractivity contribution in [2.45, 2.75) is 45.3 Å². The van der Waals surface area contributed by atoms with Crippen molar-refractivity contribution < 1.29 is 17.9 Å². The summed E-state index contributed by atoms with van der Waals surface area (Å²) in [5.41, 5.74) is -0.512. The van der Waals surface area contributed by atoms with Crippen LogP contribution in [0.25, 0.3) is 0 Å². The normalized spacial score (nSPS) is 18.4. The molecule has 0 saturated carbocycles. The first-order chi connectivity index (χ1) is 8.63. The second-order valence-corrected chi connectivity index (χ2v) is 7.22. The predicted octanol–water partition coefficient (Wildman–Crippen LogP) is 0.440. The second-order valence-electron chi connectivity index (χ2n) is 5.57. The smallest absolute Gasteiger partial charge is 0.410 e. The molecule has 8 heteroatoms. The summed E-state index contributed by atoms with van der Waals surface area (Å²) in [4.78, 5) is 13.4. The van der Waals surface area contributed by atoms with Gasteiger partial charge in [-0.2, -0.15) is 13.1 Å². The summed E-state index contributed by atoms with van der Waals surface area (Å²) >= 11 is 0. The summed E-state index contributed by atoms with van der Waals surface area (Å²) < 4.78 is 32.7. The van der Waals surface area contributed by atoms with Crippen LogP contribution < -0.4 is 9.44 Å². The van der Waals surface area contributed by atoms with E-state index >= 15 is 0 Å². The van der Waals surface area contributed by atoms with Gasteiger partial charge in [0, 0.05) is 26.2 Å². The number of amides is 1. The topological polar surface area (TPSA) is 87.7 Å². The highest BCUT2D eigenvalue weighted by Crippen LogP contribution is 2.15. The Balaban J connectivity index is 2.43. The highest BCUT2D eigenvalue weighted by atomic mass is 32.2. The number of hydrogen-bond acceptors (Lipinski definition) is 4. The maximum absolute atomic E-state index is 11.8. The fourth-order valence-electron chi connectivity index (χ4n) is 1.78. The number of rotatable bonds is 3. The maximum Gasteiger partial charge on any atom is 0.410 e. The molecule has 112 valence electrons. The zero-order chi connectivity index (χ0) is 14.7. The van der Waals surface area contributed by atoms with Crippen LogP contribution in [-0.2, 0) is 14.9 Å². The molecule has 0 aliphatic carbocycles. The van der Waals surface area contributed by atoms with E-state index in [0.29, 0.717) is 25.9 Å². The third kappa shape index (κ3) is 5.75. The average molecular weight is 293 g/mol. The molecule has 1 fully saturated rings. The SMILES string of the molecule is CNS(=O)(=O)NC1CCN(C(=O)OC(C)(C)C)CC1. The van der Waals surface area contributed by atoms with Crippen molar-refractivity contribution in [1.29, 1.82) is 0 Å². The van der Waals surface area contributed by atoms with Crippen molar-refractivity contribution in [3.63, 3.8) is 0 Å². The van der Waals surface area contributed by atoms with Gasteiger partial charge in [-0.3, -0.25) is 0 Å². The van der Waals surface area contributed by atoms with Crippen LogP contribution in [-0.4, -0.2) is 51.2 Å². The molecule has 0 aromatic rings. The fourth-order valence-corrected chi connectivity index (χ4v) is 2.58. The fraction of sp³-hybridized carbons (Fsp3) is 0.909. The number of nitrogens with one attached hydrogen (secondary N) is 2. The predicted molar refractivity (Wildman–Crippen MR) is 71.9 cm³/mol. The summed E-state index contributed by atoms with van der Waals surface area (Å²) in [6, 6.07) is -0.142. The lowest BCUT2D eigenvalue weighted by Crippen LogP contribution is -2.49. The Morgan fingerprint density at radius 3 is 2.21 bits per heavy atom. The first kappa shape index (κ1) is 16.2. The summed E-state index contributed by atoms with van der Waals surface area (Å²) in [6.07, 6.45) is 0.822. The molecular weight excluding hydrogens is 270 g/mol. The molecule has 1 aliphatic rings.